The first-order chi connectivity index (χ1) is 9.65. The van der Waals surface area contributed by atoms with Gasteiger partial charge in [-0.1, -0.05) is 0 Å². The minimum Gasteiger partial charge on any atom is -0.372 e. The van der Waals surface area contributed by atoms with Gasteiger partial charge in [-0.05, 0) is 13.8 Å². The molecule has 2 saturated heterocycles. The molecule has 0 bridgehead atoms. The molecule has 6 nitrogen and oxygen atoms in total. The van der Waals surface area contributed by atoms with E-state index in [9.17, 15) is 0 Å². The number of hydrogen-bond donors (Lipinski definition) is 0. The van der Waals surface area contributed by atoms with Crippen LogP contribution >= 0.6 is 0 Å². The van der Waals surface area contributed by atoms with E-state index in [0.29, 0.717) is 26.4 Å². The number of nitrogens with zero attached hydrogens (tertiary/aromatic N) is 2. The fraction of sp³-hybridized carbons (Fsp3) is 0.857. The predicted octanol–water partition coefficient (Wildman–Crippen LogP) is 0.874. The molecular weight excluding hydrogens is 260 g/mol. The molecule has 0 saturated carbocycles. The zero-order valence-corrected chi connectivity index (χ0v) is 11.8. The van der Waals surface area contributed by atoms with Crippen molar-refractivity contribution in [3.63, 3.8) is 0 Å². The zero-order valence-electron chi connectivity index (χ0n) is 11.8. The molecule has 2 rings (SSSR count). The second kappa shape index (κ2) is 7.01. The van der Waals surface area contributed by atoms with Gasteiger partial charge in [0.2, 0.25) is 0 Å². The summed E-state index contributed by atoms with van der Waals surface area (Å²) >= 11 is 0. The number of hydrogen-bond acceptors (Lipinski definition) is 6. The molecule has 6 atom stereocenters. The molecule has 110 valence electrons. The quantitative estimate of drug-likeness (QED) is 0.718. The molecule has 4 unspecified atom stereocenters. The largest absolute Gasteiger partial charge is 0.372 e. The predicted molar refractivity (Wildman–Crippen MR) is 68.5 cm³/mol. The summed E-state index contributed by atoms with van der Waals surface area (Å²) in [6, 6.07) is 4.27. The maximum absolute atomic E-state index is 8.74. The van der Waals surface area contributed by atoms with Gasteiger partial charge in [0.05, 0.1) is 50.4 Å². The fourth-order valence-electron chi connectivity index (χ4n) is 2.33. The highest BCUT2D eigenvalue weighted by Crippen LogP contribution is 2.30. The maximum Gasteiger partial charge on any atom is 0.115 e. The summed E-state index contributed by atoms with van der Waals surface area (Å²) < 4.78 is 22.8. The Hall–Kier alpha value is -1.18. The standard InChI is InChI=1S/C14H20N2O4/c1-9(3-15)5-17-11-7-19-14-12(8-20-13(11)14)18-6-10(2)4-16/h9-14H,5-8H2,1-2H3/t9?,10?,11-,12+,13?,14?. The van der Waals surface area contributed by atoms with Gasteiger partial charge in [-0.3, -0.25) is 0 Å². The summed E-state index contributed by atoms with van der Waals surface area (Å²) in [4.78, 5) is 0. The SMILES string of the molecule is CC(C#N)CO[C@H]1COC2C1OC[C@H]2OCC(C)C#N. The lowest BCUT2D eigenvalue weighted by molar-refractivity contribution is -0.0554. The van der Waals surface area contributed by atoms with Crippen LogP contribution in [-0.2, 0) is 18.9 Å². The van der Waals surface area contributed by atoms with Crippen molar-refractivity contribution in [3.05, 3.63) is 0 Å². The smallest absolute Gasteiger partial charge is 0.115 e. The first kappa shape index (κ1) is 15.2. The Morgan fingerprint density at radius 1 is 0.950 bits per heavy atom. The molecule has 0 N–H and O–H groups in total. The third-order valence-corrected chi connectivity index (χ3v) is 3.52. The lowest BCUT2D eigenvalue weighted by atomic mass is 10.1. The first-order valence-electron chi connectivity index (χ1n) is 6.91. The molecule has 0 aliphatic carbocycles. The number of fused-ring (bicyclic) bond motifs is 1. The van der Waals surface area contributed by atoms with Crippen LogP contribution in [0.3, 0.4) is 0 Å². The normalized spacial score (nSPS) is 35.0. The average molecular weight is 280 g/mol. The molecule has 20 heavy (non-hydrogen) atoms. The second-order valence-corrected chi connectivity index (χ2v) is 5.40. The van der Waals surface area contributed by atoms with Gasteiger partial charge in [0, 0.05) is 0 Å². The summed E-state index contributed by atoms with van der Waals surface area (Å²) in [5, 5.41) is 17.5. The van der Waals surface area contributed by atoms with Crippen LogP contribution in [0.1, 0.15) is 13.8 Å². The van der Waals surface area contributed by atoms with Crippen LogP contribution in [-0.4, -0.2) is 50.8 Å². The van der Waals surface area contributed by atoms with E-state index in [2.05, 4.69) is 12.1 Å². The zero-order chi connectivity index (χ0) is 14.5. The minimum absolute atomic E-state index is 0.136. The summed E-state index contributed by atoms with van der Waals surface area (Å²) in [7, 11) is 0. The van der Waals surface area contributed by atoms with Crippen molar-refractivity contribution < 1.29 is 18.9 Å². The third kappa shape index (κ3) is 3.47. The molecule has 0 aromatic carbocycles. The number of ether oxygens (including phenoxy) is 4. The molecule has 6 heteroatoms. The molecule has 0 aromatic rings. The summed E-state index contributed by atoms with van der Waals surface area (Å²) in [6.45, 7) is 5.32. The van der Waals surface area contributed by atoms with Gasteiger partial charge in [-0.2, -0.15) is 10.5 Å². The molecule has 0 amide bonds. The molecular formula is C14H20N2O4. The molecule has 2 aliphatic rings. The van der Waals surface area contributed by atoms with E-state index in [1.165, 1.54) is 0 Å². The van der Waals surface area contributed by atoms with Crippen molar-refractivity contribution in [2.45, 2.75) is 38.3 Å². The molecule has 0 aromatic heterocycles. The number of rotatable bonds is 6. The highest BCUT2D eigenvalue weighted by atomic mass is 16.6. The van der Waals surface area contributed by atoms with Crippen molar-refractivity contribution in [2.24, 2.45) is 11.8 Å². The molecule has 0 radical (unpaired) electrons. The van der Waals surface area contributed by atoms with Crippen molar-refractivity contribution in [1.29, 1.82) is 10.5 Å². The van der Waals surface area contributed by atoms with Gasteiger partial charge in [0.15, 0.2) is 0 Å². The van der Waals surface area contributed by atoms with E-state index >= 15 is 0 Å². The van der Waals surface area contributed by atoms with Crippen LogP contribution in [0.25, 0.3) is 0 Å². The summed E-state index contributed by atoms with van der Waals surface area (Å²) in [5.74, 6) is -0.280. The lowest BCUT2D eigenvalue weighted by Gasteiger charge is -2.18. The Bertz CT molecular complexity index is 365. The Labute approximate surface area is 119 Å². The third-order valence-electron chi connectivity index (χ3n) is 3.52. The minimum atomic E-state index is -0.141. The van der Waals surface area contributed by atoms with Gasteiger partial charge in [-0.25, -0.2) is 0 Å². The van der Waals surface area contributed by atoms with E-state index in [4.69, 9.17) is 29.5 Å². The Balaban J connectivity index is 1.79. The first-order valence-corrected chi connectivity index (χ1v) is 6.91. The summed E-state index contributed by atoms with van der Waals surface area (Å²) in [5.41, 5.74) is 0. The van der Waals surface area contributed by atoms with E-state index in [-0.39, 0.29) is 36.3 Å². The van der Waals surface area contributed by atoms with Gasteiger partial charge in [-0.15, -0.1) is 0 Å². The van der Waals surface area contributed by atoms with Gasteiger partial charge in [0.25, 0.3) is 0 Å². The van der Waals surface area contributed by atoms with Gasteiger partial charge >= 0.3 is 0 Å². The van der Waals surface area contributed by atoms with Crippen LogP contribution in [0.5, 0.6) is 0 Å². The highest BCUT2D eigenvalue weighted by molar-refractivity contribution is 4.96. The van der Waals surface area contributed by atoms with E-state index < -0.39 is 0 Å². The highest BCUT2D eigenvalue weighted by Gasteiger charge is 2.49. The van der Waals surface area contributed by atoms with Crippen LogP contribution in [0.2, 0.25) is 0 Å². The van der Waals surface area contributed by atoms with E-state index in [1.807, 2.05) is 13.8 Å². The van der Waals surface area contributed by atoms with Crippen molar-refractivity contribution in [3.8, 4) is 12.1 Å². The van der Waals surface area contributed by atoms with E-state index in [0.717, 1.165) is 0 Å². The Morgan fingerprint density at radius 2 is 1.35 bits per heavy atom. The van der Waals surface area contributed by atoms with E-state index in [1.54, 1.807) is 0 Å². The maximum atomic E-state index is 8.74. The van der Waals surface area contributed by atoms with Gasteiger partial charge in [0.1, 0.15) is 24.4 Å². The van der Waals surface area contributed by atoms with Crippen LogP contribution in [0.15, 0.2) is 0 Å². The van der Waals surface area contributed by atoms with Gasteiger partial charge < -0.3 is 18.9 Å². The molecule has 2 fully saturated rings. The Kier molecular flexibility index (Phi) is 5.33. The Morgan fingerprint density at radius 3 is 1.70 bits per heavy atom. The fourth-order valence-corrected chi connectivity index (χ4v) is 2.33. The molecule has 2 aliphatic heterocycles. The van der Waals surface area contributed by atoms with Crippen molar-refractivity contribution in [1.82, 2.24) is 0 Å². The lowest BCUT2D eigenvalue weighted by Crippen LogP contribution is -2.35. The second-order valence-electron chi connectivity index (χ2n) is 5.40. The van der Waals surface area contributed by atoms with Crippen LogP contribution in [0, 0.1) is 34.5 Å². The average Bonchev–Trinajstić information content (AvgIpc) is 3.04. The van der Waals surface area contributed by atoms with Crippen LogP contribution in [0.4, 0.5) is 0 Å². The molecule has 0 spiro atoms. The summed E-state index contributed by atoms with van der Waals surface area (Å²) in [6.07, 6.45) is -0.554. The van der Waals surface area contributed by atoms with Crippen molar-refractivity contribution >= 4 is 0 Å². The molecule has 2 heterocycles. The topological polar surface area (TPSA) is 84.5 Å². The van der Waals surface area contributed by atoms with Crippen molar-refractivity contribution in [2.75, 3.05) is 26.4 Å². The monoisotopic (exact) mass is 280 g/mol. The number of nitriles is 2. The van der Waals surface area contributed by atoms with Crippen LogP contribution < -0.4 is 0 Å².